The summed E-state index contributed by atoms with van der Waals surface area (Å²) in [5, 5.41) is 2.64. The van der Waals surface area contributed by atoms with E-state index in [0.717, 1.165) is 39.5 Å². The maximum absolute atomic E-state index is 15.1. The Morgan fingerprint density at radius 3 is 2.65 bits per heavy atom. The van der Waals surface area contributed by atoms with Crippen molar-refractivity contribution in [2.24, 2.45) is 10.9 Å². The molecule has 2 heterocycles. The number of ether oxygens (including phenoxy) is 1. The van der Waals surface area contributed by atoms with Gasteiger partial charge in [0.1, 0.15) is 6.61 Å². The summed E-state index contributed by atoms with van der Waals surface area (Å²) in [7, 11) is -1.48. The maximum atomic E-state index is 15.1. The number of amides is 1. The van der Waals surface area contributed by atoms with Crippen LogP contribution < -0.4 is 5.32 Å². The maximum Gasteiger partial charge on any atom is 0.551 e. The Kier molecular flexibility index (Phi) is 6.89. The fourth-order valence-corrected chi connectivity index (χ4v) is 3.87. The molecular weight excluding hydrogens is 392 g/mol. The molecule has 5 nitrogen and oxygen atoms in total. The number of aryl methyl sites for hydroxylation is 2. The molecule has 0 saturated heterocycles. The van der Waals surface area contributed by atoms with E-state index in [4.69, 9.17) is 4.74 Å². The predicted molar refractivity (Wildman–Crippen MR) is 125 cm³/mol. The van der Waals surface area contributed by atoms with Gasteiger partial charge in [-0.2, -0.15) is 0 Å². The third kappa shape index (κ3) is 5.38. The van der Waals surface area contributed by atoms with Crippen LogP contribution in [0.1, 0.15) is 51.1 Å². The summed E-state index contributed by atoms with van der Waals surface area (Å²) in [4.78, 5) is 16.2. The van der Waals surface area contributed by atoms with Crippen molar-refractivity contribution in [2.75, 3.05) is 13.2 Å². The molecule has 1 amide bonds. The SMILES string of the molecule is CC1=CC(C)=N/C1=C(/C)c1c(C)cc(C)n1B(F)C#CCCNC(=O)OCC1C=C1C. The van der Waals surface area contributed by atoms with E-state index >= 15 is 4.32 Å². The molecule has 1 aliphatic heterocycles. The van der Waals surface area contributed by atoms with Crippen molar-refractivity contribution in [1.82, 2.24) is 9.79 Å². The fraction of sp³-hybridized carbons (Fsp3) is 0.417. The zero-order chi connectivity index (χ0) is 22.7. The van der Waals surface area contributed by atoms with E-state index in [1.807, 2.05) is 53.7 Å². The van der Waals surface area contributed by atoms with E-state index in [0.29, 0.717) is 19.6 Å². The molecule has 2 aliphatic rings. The number of aliphatic imine (C=N–C) groups is 1. The van der Waals surface area contributed by atoms with Gasteiger partial charge in [-0.25, -0.2) is 4.79 Å². The molecule has 162 valence electrons. The van der Waals surface area contributed by atoms with Crippen LogP contribution in [-0.2, 0) is 4.74 Å². The molecule has 31 heavy (non-hydrogen) atoms. The Labute approximate surface area is 184 Å². The molecule has 0 spiro atoms. The number of halogens is 1. The first-order chi connectivity index (χ1) is 14.7. The average Bonchev–Trinajstić information content (AvgIpc) is 3.17. The second-order valence-electron chi connectivity index (χ2n) is 8.19. The highest BCUT2D eigenvalue weighted by atomic mass is 19.1. The summed E-state index contributed by atoms with van der Waals surface area (Å²) in [6.07, 6.45) is 3.95. The number of carbonyl (C=O) groups is 1. The minimum absolute atomic E-state index is 0.289. The summed E-state index contributed by atoms with van der Waals surface area (Å²) in [6.45, 7) is 12.5. The van der Waals surface area contributed by atoms with Gasteiger partial charge in [-0.05, 0) is 70.4 Å². The van der Waals surface area contributed by atoms with Crippen molar-refractivity contribution in [3.05, 3.63) is 52.0 Å². The first-order valence-corrected chi connectivity index (χ1v) is 10.5. The lowest BCUT2D eigenvalue weighted by Crippen LogP contribution is -2.26. The third-order valence-electron chi connectivity index (χ3n) is 5.52. The van der Waals surface area contributed by atoms with Crippen LogP contribution in [-0.4, -0.2) is 36.6 Å². The largest absolute Gasteiger partial charge is 0.551 e. The lowest BCUT2D eigenvalue weighted by atomic mass is 9.86. The molecule has 0 fully saturated rings. The lowest BCUT2D eigenvalue weighted by Gasteiger charge is -2.13. The average molecular weight is 421 g/mol. The van der Waals surface area contributed by atoms with Gasteiger partial charge >= 0.3 is 13.2 Å². The van der Waals surface area contributed by atoms with Crippen LogP contribution >= 0.6 is 0 Å². The molecule has 1 aliphatic carbocycles. The van der Waals surface area contributed by atoms with E-state index in [-0.39, 0.29) is 5.92 Å². The van der Waals surface area contributed by atoms with E-state index in [2.05, 4.69) is 28.1 Å². The van der Waals surface area contributed by atoms with Gasteiger partial charge < -0.3 is 14.5 Å². The molecule has 1 unspecified atom stereocenters. The summed E-state index contributed by atoms with van der Waals surface area (Å²) in [6, 6.07) is 1.96. The third-order valence-corrected chi connectivity index (χ3v) is 5.52. The molecule has 7 heteroatoms. The second-order valence-corrected chi connectivity index (χ2v) is 8.19. The first-order valence-electron chi connectivity index (χ1n) is 10.5. The molecule has 0 saturated carbocycles. The van der Waals surface area contributed by atoms with Crippen LogP contribution in [0, 0.1) is 31.5 Å². The Morgan fingerprint density at radius 2 is 2.03 bits per heavy atom. The van der Waals surface area contributed by atoms with Crippen LogP contribution in [0.5, 0.6) is 0 Å². The van der Waals surface area contributed by atoms with Crippen molar-refractivity contribution < 1.29 is 13.8 Å². The van der Waals surface area contributed by atoms with Gasteiger partial charge in [0.2, 0.25) is 0 Å². The van der Waals surface area contributed by atoms with E-state index in [1.165, 1.54) is 5.57 Å². The van der Waals surface area contributed by atoms with Crippen molar-refractivity contribution in [2.45, 2.75) is 48.0 Å². The minimum atomic E-state index is -1.48. The second kappa shape index (κ2) is 9.42. The molecule has 0 radical (unpaired) electrons. The number of hydrogen-bond acceptors (Lipinski definition) is 3. The van der Waals surface area contributed by atoms with Crippen LogP contribution in [0.2, 0.25) is 0 Å². The molecule has 1 aromatic heterocycles. The van der Waals surface area contributed by atoms with Crippen molar-refractivity contribution in [1.29, 1.82) is 0 Å². The Balaban J connectivity index is 1.63. The standard InChI is InChI=1S/C24H29BFN3O2/c1-15-13-21(15)14-31-24(30)27-10-8-7-9-25(26)29-19(5)12-17(3)23(29)20(6)22-16(2)11-18(4)28-22/h11-13,21H,8,10,14H2,1-6H3,(H,27,30)/b22-20-. The first kappa shape index (κ1) is 22.7. The van der Waals surface area contributed by atoms with Gasteiger partial charge in [0.05, 0.1) is 5.70 Å². The molecule has 1 N–H and O–H groups in total. The van der Waals surface area contributed by atoms with Crippen LogP contribution in [0.4, 0.5) is 9.11 Å². The summed E-state index contributed by atoms with van der Waals surface area (Å²) in [5.41, 5.74) is 7.70. The molecule has 0 bridgehead atoms. The van der Waals surface area contributed by atoms with Crippen molar-refractivity contribution in [3.63, 3.8) is 0 Å². The quantitative estimate of drug-likeness (QED) is 0.311. The van der Waals surface area contributed by atoms with E-state index in [1.54, 1.807) is 4.48 Å². The molecule has 1 aromatic rings. The normalized spacial score (nSPS) is 18.4. The van der Waals surface area contributed by atoms with Crippen molar-refractivity contribution >= 4 is 24.5 Å². The summed E-state index contributed by atoms with van der Waals surface area (Å²) >= 11 is 0. The predicted octanol–water partition coefficient (Wildman–Crippen LogP) is 4.80. The fourth-order valence-electron chi connectivity index (χ4n) is 3.87. The number of aromatic nitrogens is 1. The topological polar surface area (TPSA) is 55.6 Å². The number of allylic oxidation sites excluding steroid dienone is 3. The summed E-state index contributed by atoms with van der Waals surface area (Å²) < 4.78 is 21.9. The van der Waals surface area contributed by atoms with Gasteiger partial charge in [-0.1, -0.05) is 17.5 Å². The number of rotatable bonds is 6. The van der Waals surface area contributed by atoms with Gasteiger partial charge in [0.25, 0.3) is 0 Å². The molecule has 0 aromatic carbocycles. The summed E-state index contributed by atoms with van der Waals surface area (Å²) in [5.74, 6) is 5.79. The molecular formula is C24H29BFN3O2. The minimum Gasteiger partial charge on any atom is -0.449 e. The van der Waals surface area contributed by atoms with E-state index in [9.17, 15) is 4.79 Å². The zero-order valence-corrected chi connectivity index (χ0v) is 19.1. The molecule has 1 atom stereocenters. The van der Waals surface area contributed by atoms with Gasteiger partial charge in [0.15, 0.2) is 0 Å². The number of alkyl carbamates (subject to hydrolysis) is 1. The van der Waals surface area contributed by atoms with Gasteiger partial charge in [0, 0.05) is 36.0 Å². The number of nitrogens with zero attached hydrogens (tertiary/aromatic N) is 2. The van der Waals surface area contributed by atoms with Gasteiger partial charge in [-0.15, -0.1) is 5.92 Å². The van der Waals surface area contributed by atoms with Crippen LogP contribution in [0.25, 0.3) is 5.57 Å². The lowest BCUT2D eigenvalue weighted by molar-refractivity contribution is 0.143. The van der Waals surface area contributed by atoms with Crippen LogP contribution in [0.15, 0.2) is 40.1 Å². The Bertz CT molecular complexity index is 1080. The zero-order valence-electron chi connectivity index (χ0n) is 19.1. The highest BCUT2D eigenvalue weighted by molar-refractivity contribution is 6.59. The monoisotopic (exact) mass is 421 g/mol. The number of carbonyl (C=O) groups excluding carboxylic acids is 1. The van der Waals surface area contributed by atoms with Crippen molar-refractivity contribution in [3.8, 4) is 11.7 Å². The van der Waals surface area contributed by atoms with Crippen LogP contribution in [0.3, 0.4) is 0 Å². The number of nitrogens with one attached hydrogen (secondary N) is 1. The Morgan fingerprint density at radius 1 is 1.32 bits per heavy atom. The highest BCUT2D eigenvalue weighted by Crippen LogP contribution is 2.32. The van der Waals surface area contributed by atoms with Gasteiger partial charge in [-0.3, -0.25) is 9.31 Å². The number of hydrogen-bond donors (Lipinski definition) is 1. The highest BCUT2D eigenvalue weighted by Gasteiger charge is 2.25. The van der Waals surface area contributed by atoms with E-state index < -0.39 is 13.2 Å². The smallest absolute Gasteiger partial charge is 0.449 e. The molecule has 3 rings (SSSR count). The Hall–Kier alpha value is -3.01.